The summed E-state index contributed by atoms with van der Waals surface area (Å²) >= 11 is 3.43. The molecule has 0 saturated heterocycles. The quantitative estimate of drug-likeness (QED) is 0.690. The van der Waals surface area contributed by atoms with E-state index in [0.29, 0.717) is 5.92 Å². The van der Waals surface area contributed by atoms with Crippen LogP contribution in [0.15, 0.2) is 4.60 Å². The maximum absolute atomic E-state index is 4.04. The molecule has 0 radical (unpaired) electrons. The maximum atomic E-state index is 4.04. The Kier molecular flexibility index (Phi) is 1.30. The molecule has 1 aromatic heterocycles. The molecule has 0 spiro atoms. The molecular formula is C6H8BrN3. The number of aromatic nitrogens is 3. The molecule has 0 aromatic carbocycles. The molecule has 1 aromatic rings. The SMILES string of the molecule is Cn1nnc(C2CC2)c1Br. The van der Waals surface area contributed by atoms with Crippen molar-refractivity contribution in [3.05, 3.63) is 10.3 Å². The van der Waals surface area contributed by atoms with Crippen molar-refractivity contribution in [1.82, 2.24) is 15.0 Å². The van der Waals surface area contributed by atoms with Crippen LogP contribution in [-0.4, -0.2) is 15.0 Å². The second-order valence-electron chi connectivity index (χ2n) is 2.66. The van der Waals surface area contributed by atoms with Crippen molar-refractivity contribution in [1.29, 1.82) is 0 Å². The van der Waals surface area contributed by atoms with Gasteiger partial charge in [0.05, 0.1) is 0 Å². The van der Waals surface area contributed by atoms with E-state index in [9.17, 15) is 0 Å². The zero-order valence-corrected chi connectivity index (χ0v) is 7.30. The van der Waals surface area contributed by atoms with Crippen LogP contribution in [0, 0.1) is 0 Å². The number of hydrogen-bond donors (Lipinski definition) is 0. The van der Waals surface area contributed by atoms with E-state index in [1.807, 2.05) is 7.05 Å². The monoisotopic (exact) mass is 201 g/mol. The van der Waals surface area contributed by atoms with Gasteiger partial charge in [-0.05, 0) is 28.8 Å². The molecule has 10 heavy (non-hydrogen) atoms. The fraction of sp³-hybridized carbons (Fsp3) is 0.667. The van der Waals surface area contributed by atoms with E-state index in [0.717, 1.165) is 10.3 Å². The molecule has 1 aliphatic rings. The summed E-state index contributed by atoms with van der Waals surface area (Å²) in [7, 11) is 1.89. The molecule has 0 amide bonds. The van der Waals surface area contributed by atoms with E-state index < -0.39 is 0 Å². The van der Waals surface area contributed by atoms with Gasteiger partial charge in [0.25, 0.3) is 0 Å². The van der Waals surface area contributed by atoms with E-state index in [4.69, 9.17) is 0 Å². The van der Waals surface area contributed by atoms with Crippen LogP contribution in [0.2, 0.25) is 0 Å². The van der Waals surface area contributed by atoms with Crippen LogP contribution >= 0.6 is 15.9 Å². The van der Waals surface area contributed by atoms with Gasteiger partial charge in [0.15, 0.2) is 0 Å². The number of nitrogens with zero attached hydrogens (tertiary/aromatic N) is 3. The van der Waals surface area contributed by atoms with Gasteiger partial charge in [0, 0.05) is 13.0 Å². The van der Waals surface area contributed by atoms with Gasteiger partial charge in [-0.2, -0.15) is 0 Å². The van der Waals surface area contributed by atoms with Crippen molar-refractivity contribution < 1.29 is 0 Å². The molecule has 4 heteroatoms. The highest BCUT2D eigenvalue weighted by Crippen LogP contribution is 2.41. The molecule has 0 aliphatic heterocycles. The number of aryl methyl sites for hydroxylation is 1. The van der Waals surface area contributed by atoms with Crippen LogP contribution in [-0.2, 0) is 7.05 Å². The minimum Gasteiger partial charge on any atom is -0.241 e. The predicted octanol–water partition coefficient (Wildman–Crippen LogP) is 1.45. The zero-order chi connectivity index (χ0) is 7.14. The van der Waals surface area contributed by atoms with Crippen molar-refractivity contribution in [3.63, 3.8) is 0 Å². The molecule has 1 heterocycles. The van der Waals surface area contributed by atoms with Gasteiger partial charge in [-0.1, -0.05) is 5.21 Å². The standard InChI is InChI=1S/C6H8BrN3/c1-10-6(7)5(8-9-10)4-2-3-4/h4H,2-3H2,1H3. The second kappa shape index (κ2) is 2.05. The Balaban J connectivity index is 2.40. The Bertz CT molecular complexity index is 251. The van der Waals surface area contributed by atoms with Gasteiger partial charge < -0.3 is 0 Å². The molecule has 54 valence electrons. The molecule has 1 saturated carbocycles. The van der Waals surface area contributed by atoms with Crippen molar-refractivity contribution in [2.45, 2.75) is 18.8 Å². The van der Waals surface area contributed by atoms with Gasteiger partial charge in [-0.15, -0.1) is 5.10 Å². The minimum atomic E-state index is 0.683. The lowest BCUT2D eigenvalue weighted by molar-refractivity contribution is 0.702. The van der Waals surface area contributed by atoms with Crippen LogP contribution in [0.4, 0.5) is 0 Å². The van der Waals surface area contributed by atoms with Gasteiger partial charge in [-0.3, -0.25) is 0 Å². The minimum absolute atomic E-state index is 0.683. The van der Waals surface area contributed by atoms with Crippen LogP contribution in [0.1, 0.15) is 24.5 Å². The molecule has 1 fully saturated rings. The molecular weight excluding hydrogens is 194 g/mol. The number of halogens is 1. The first-order valence-corrected chi connectivity index (χ1v) is 4.13. The fourth-order valence-electron chi connectivity index (χ4n) is 0.968. The highest BCUT2D eigenvalue weighted by Gasteiger charge is 2.29. The molecule has 3 nitrogen and oxygen atoms in total. The van der Waals surface area contributed by atoms with E-state index in [1.165, 1.54) is 12.8 Å². The summed E-state index contributed by atoms with van der Waals surface area (Å²) in [5.41, 5.74) is 1.13. The Hall–Kier alpha value is -0.380. The van der Waals surface area contributed by atoms with Gasteiger partial charge in [-0.25, -0.2) is 4.68 Å². The van der Waals surface area contributed by atoms with Crippen molar-refractivity contribution in [3.8, 4) is 0 Å². The van der Waals surface area contributed by atoms with E-state index >= 15 is 0 Å². The van der Waals surface area contributed by atoms with Crippen LogP contribution in [0.5, 0.6) is 0 Å². The Morgan fingerprint density at radius 3 is 2.70 bits per heavy atom. The number of rotatable bonds is 1. The highest BCUT2D eigenvalue weighted by atomic mass is 79.9. The lowest BCUT2D eigenvalue weighted by Gasteiger charge is -1.90. The van der Waals surface area contributed by atoms with Gasteiger partial charge >= 0.3 is 0 Å². The number of hydrogen-bond acceptors (Lipinski definition) is 2. The van der Waals surface area contributed by atoms with Crippen molar-refractivity contribution >= 4 is 15.9 Å². The highest BCUT2D eigenvalue weighted by molar-refractivity contribution is 9.10. The molecule has 2 rings (SSSR count). The molecule has 1 aliphatic carbocycles. The summed E-state index contributed by atoms with van der Waals surface area (Å²) in [5.74, 6) is 0.683. The lowest BCUT2D eigenvalue weighted by Crippen LogP contribution is -1.89. The first-order valence-electron chi connectivity index (χ1n) is 3.34. The van der Waals surface area contributed by atoms with Crippen LogP contribution in [0.3, 0.4) is 0 Å². The van der Waals surface area contributed by atoms with Crippen molar-refractivity contribution in [2.75, 3.05) is 0 Å². The maximum Gasteiger partial charge on any atom is 0.127 e. The van der Waals surface area contributed by atoms with Crippen LogP contribution < -0.4 is 0 Å². The molecule has 0 N–H and O–H groups in total. The Labute approximate surface area is 67.5 Å². The Morgan fingerprint density at radius 2 is 2.30 bits per heavy atom. The summed E-state index contributed by atoms with van der Waals surface area (Å²) in [6, 6.07) is 0. The smallest absolute Gasteiger partial charge is 0.127 e. The fourth-order valence-corrected chi connectivity index (χ4v) is 1.44. The summed E-state index contributed by atoms with van der Waals surface area (Å²) < 4.78 is 2.79. The van der Waals surface area contributed by atoms with Gasteiger partial charge in [0.1, 0.15) is 10.3 Å². The third kappa shape index (κ3) is 0.868. The summed E-state index contributed by atoms with van der Waals surface area (Å²) in [4.78, 5) is 0. The van der Waals surface area contributed by atoms with Gasteiger partial charge in [0.2, 0.25) is 0 Å². The third-order valence-electron chi connectivity index (χ3n) is 1.75. The first kappa shape index (κ1) is 6.34. The predicted molar refractivity (Wildman–Crippen MR) is 40.7 cm³/mol. The molecule has 0 unspecified atom stereocenters. The zero-order valence-electron chi connectivity index (χ0n) is 5.71. The van der Waals surface area contributed by atoms with E-state index in [1.54, 1.807) is 4.68 Å². The average molecular weight is 202 g/mol. The largest absolute Gasteiger partial charge is 0.241 e. The topological polar surface area (TPSA) is 30.7 Å². The molecule has 0 atom stereocenters. The van der Waals surface area contributed by atoms with E-state index in [-0.39, 0.29) is 0 Å². The Morgan fingerprint density at radius 1 is 1.60 bits per heavy atom. The first-order chi connectivity index (χ1) is 4.79. The normalized spacial score (nSPS) is 17.8. The summed E-state index contributed by atoms with van der Waals surface area (Å²) in [6.45, 7) is 0. The lowest BCUT2D eigenvalue weighted by atomic mass is 10.3. The third-order valence-corrected chi connectivity index (χ3v) is 2.67. The average Bonchev–Trinajstić information content (AvgIpc) is 2.67. The molecule has 0 bridgehead atoms. The van der Waals surface area contributed by atoms with E-state index in [2.05, 4.69) is 26.2 Å². The second-order valence-corrected chi connectivity index (χ2v) is 3.41. The summed E-state index contributed by atoms with van der Waals surface area (Å²) in [6.07, 6.45) is 2.55. The summed E-state index contributed by atoms with van der Waals surface area (Å²) in [5, 5.41) is 7.94. The van der Waals surface area contributed by atoms with Crippen LogP contribution in [0.25, 0.3) is 0 Å². The van der Waals surface area contributed by atoms with Crippen molar-refractivity contribution in [2.24, 2.45) is 7.05 Å².